The van der Waals surface area contributed by atoms with E-state index in [2.05, 4.69) is 51.1 Å². The lowest BCUT2D eigenvalue weighted by molar-refractivity contribution is -0.384. The second-order valence-corrected chi connectivity index (χ2v) is 21.0. The van der Waals surface area contributed by atoms with E-state index < -0.39 is 56.2 Å². The van der Waals surface area contributed by atoms with Gasteiger partial charge in [-0.3, -0.25) is 19.8 Å². The van der Waals surface area contributed by atoms with Gasteiger partial charge in [0.25, 0.3) is 27.5 Å². The predicted molar refractivity (Wildman–Crippen MR) is 255 cm³/mol. The fourth-order valence-corrected chi connectivity index (χ4v) is 10.5. The van der Waals surface area contributed by atoms with Crippen molar-refractivity contribution in [3.05, 3.63) is 111 Å². The van der Waals surface area contributed by atoms with Crippen LogP contribution in [0.25, 0.3) is 16.6 Å². The van der Waals surface area contributed by atoms with E-state index in [1.165, 1.54) is 27.7 Å². The Morgan fingerprint density at radius 3 is 2.44 bits per heavy atom. The molecule has 2 aromatic heterocycles. The fraction of sp³-hybridized carbons (Fsp3) is 0.417. The number of hydrogen-bond acceptors (Lipinski definition) is 12. The summed E-state index contributed by atoms with van der Waals surface area (Å²) in [4.78, 5) is 38.2. The number of nitrogens with zero attached hydrogens (tertiary/aromatic N) is 5. The van der Waals surface area contributed by atoms with Crippen LogP contribution in [-0.4, -0.2) is 111 Å². The largest absolute Gasteiger partial charge is 0.470 e. The second-order valence-electron chi connectivity index (χ2n) is 18.8. The SMILES string of the molecule is CC1(C)CCC(CN2CCN(c3ccc(C(=O)NS(=O)(=O)c4ccc(NCC5(F)CCOCC5)c([N+](=O)[O-])c4)c(N4CC(F)(F)COc5nc6[nH]ccc6cc54)c3)CC2)=C(c2ccc(Cl)cc2)C1. The molecule has 2 fully saturated rings. The number of sulfonamides is 1. The molecule has 3 aliphatic heterocycles. The summed E-state index contributed by atoms with van der Waals surface area (Å²) in [5.41, 5.74) is 2.42. The third-order valence-corrected chi connectivity index (χ3v) is 14.9. The van der Waals surface area contributed by atoms with Crippen LogP contribution in [0.4, 0.5) is 41.6 Å². The predicted octanol–water partition coefficient (Wildman–Crippen LogP) is 9.13. The molecular weight excluding hydrogens is 925 g/mol. The Labute approximate surface area is 396 Å². The number of benzene rings is 3. The van der Waals surface area contributed by atoms with Crippen molar-refractivity contribution >= 4 is 72.6 Å². The highest BCUT2D eigenvalue weighted by molar-refractivity contribution is 7.90. The van der Waals surface area contributed by atoms with Crippen LogP contribution in [0.15, 0.2) is 89.5 Å². The second kappa shape index (κ2) is 18.5. The number of ether oxygens (including phenoxy) is 2. The van der Waals surface area contributed by atoms with E-state index in [1.54, 1.807) is 30.5 Å². The summed E-state index contributed by atoms with van der Waals surface area (Å²) in [5.74, 6) is -4.75. The minimum absolute atomic E-state index is 0.0397. The Hall–Kier alpha value is -5.89. The van der Waals surface area contributed by atoms with Crippen LogP contribution in [-0.2, 0) is 14.8 Å². The van der Waals surface area contributed by atoms with Crippen LogP contribution >= 0.6 is 11.6 Å². The van der Waals surface area contributed by atoms with Crippen LogP contribution in [0.1, 0.15) is 61.9 Å². The monoisotopic (exact) mass is 976 g/mol. The Morgan fingerprint density at radius 1 is 0.956 bits per heavy atom. The molecule has 0 spiro atoms. The third kappa shape index (κ3) is 10.3. The van der Waals surface area contributed by atoms with Gasteiger partial charge in [0.2, 0.25) is 5.88 Å². The molecule has 9 rings (SSSR count). The molecule has 2 saturated heterocycles. The van der Waals surface area contributed by atoms with Crippen molar-refractivity contribution in [3.8, 4) is 5.88 Å². The molecule has 20 heteroatoms. The number of fused-ring (bicyclic) bond motifs is 2. The number of piperazine rings is 1. The molecule has 0 saturated carbocycles. The van der Waals surface area contributed by atoms with Crippen molar-refractivity contribution in [2.75, 3.05) is 80.8 Å². The maximum Gasteiger partial charge on any atom is 0.298 e. The maximum atomic E-state index is 15.8. The van der Waals surface area contributed by atoms with Gasteiger partial charge >= 0.3 is 0 Å². The fourth-order valence-electron chi connectivity index (χ4n) is 9.42. The molecule has 0 radical (unpaired) electrons. The number of amides is 1. The zero-order valence-corrected chi connectivity index (χ0v) is 39.2. The molecule has 15 nitrogen and oxygen atoms in total. The Morgan fingerprint density at radius 2 is 1.71 bits per heavy atom. The smallest absolute Gasteiger partial charge is 0.298 e. The van der Waals surface area contributed by atoms with Crippen molar-refractivity contribution in [2.24, 2.45) is 5.41 Å². The van der Waals surface area contributed by atoms with E-state index in [-0.39, 0.29) is 66.5 Å². The van der Waals surface area contributed by atoms with E-state index in [1.807, 2.05) is 16.9 Å². The van der Waals surface area contributed by atoms with Crippen molar-refractivity contribution in [1.82, 2.24) is 19.6 Å². The standard InChI is InChI=1S/C48H52ClF3N8O7S/c1-46(2)13-11-33(38(26-46)31-3-5-34(49)6-4-31)27-57-17-19-58(20-18-57)35-7-9-37(40(24-35)59-29-48(51,52)30-67-45-42(59)23-32-12-16-53-43(32)55-45)44(61)56-68(64,65)36-8-10-39(41(25-36)60(62)63)54-28-47(50)14-21-66-22-15-47/h3-10,12,16,23-25,54H,11,13-15,17-22,26-30H2,1-2H3,(H,53,55)(H,56,61). The van der Waals surface area contributed by atoms with E-state index in [9.17, 15) is 23.3 Å². The van der Waals surface area contributed by atoms with Gasteiger partial charge in [0.15, 0.2) is 6.61 Å². The van der Waals surface area contributed by atoms with Crippen LogP contribution in [0, 0.1) is 15.5 Å². The number of rotatable bonds is 12. The highest BCUT2D eigenvalue weighted by atomic mass is 35.5. The number of anilines is 4. The Kier molecular flexibility index (Phi) is 12.9. The number of pyridine rings is 1. The van der Waals surface area contributed by atoms with Crippen molar-refractivity contribution in [1.29, 1.82) is 0 Å². The number of halogens is 4. The molecule has 5 heterocycles. The minimum atomic E-state index is -4.82. The first-order valence-electron chi connectivity index (χ1n) is 22.6. The van der Waals surface area contributed by atoms with Crippen LogP contribution < -0.4 is 24.6 Å². The molecule has 1 amide bonds. The van der Waals surface area contributed by atoms with E-state index in [0.29, 0.717) is 47.9 Å². The average molecular weight is 978 g/mol. The Balaban J connectivity index is 1.01. The van der Waals surface area contributed by atoms with Crippen molar-refractivity contribution in [3.63, 3.8) is 0 Å². The topological polar surface area (TPSA) is 175 Å². The Bertz CT molecular complexity index is 2880. The number of allylic oxidation sites excluding steroid dienone is 1. The average Bonchev–Trinajstić information content (AvgIpc) is 3.72. The number of carbonyl (C=O) groups excluding carboxylic acids is 1. The number of aromatic nitrogens is 2. The highest BCUT2D eigenvalue weighted by Gasteiger charge is 2.41. The van der Waals surface area contributed by atoms with Crippen molar-refractivity contribution in [2.45, 2.75) is 62.4 Å². The quantitative estimate of drug-likeness (QED) is 0.0800. The molecule has 68 heavy (non-hydrogen) atoms. The number of alkyl halides is 3. The first-order valence-corrected chi connectivity index (χ1v) is 24.4. The first kappa shape index (κ1) is 47.2. The van der Waals surface area contributed by atoms with Crippen LogP contribution in [0.5, 0.6) is 5.88 Å². The van der Waals surface area contributed by atoms with Gasteiger partial charge in [-0.15, -0.1) is 0 Å². The van der Waals surface area contributed by atoms with Gasteiger partial charge in [-0.2, -0.15) is 4.98 Å². The van der Waals surface area contributed by atoms with E-state index in [4.69, 9.17) is 21.1 Å². The number of carbonyl (C=O) groups is 1. The normalized spacial score (nSPS) is 19.5. The molecule has 0 unspecified atom stereocenters. The summed E-state index contributed by atoms with van der Waals surface area (Å²) in [6.45, 7) is 6.05. The highest BCUT2D eigenvalue weighted by Crippen LogP contribution is 2.45. The number of nitro groups is 1. The molecule has 3 aromatic carbocycles. The third-order valence-electron chi connectivity index (χ3n) is 13.3. The molecule has 1 aliphatic carbocycles. The zero-order chi connectivity index (χ0) is 48.0. The number of hydrogen-bond donors (Lipinski definition) is 3. The first-order chi connectivity index (χ1) is 32.3. The number of nitro benzene ring substituents is 1. The molecule has 0 bridgehead atoms. The van der Waals surface area contributed by atoms with Gasteiger partial charge in [-0.05, 0) is 90.4 Å². The molecular formula is C48H52ClF3N8O7S. The maximum absolute atomic E-state index is 15.8. The van der Waals surface area contributed by atoms with Gasteiger partial charge in [-0.25, -0.2) is 26.3 Å². The van der Waals surface area contributed by atoms with E-state index in [0.717, 1.165) is 44.0 Å². The summed E-state index contributed by atoms with van der Waals surface area (Å²) in [6, 6.07) is 18.9. The number of H-pyrrole nitrogens is 1. The van der Waals surface area contributed by atoms with Gasteiger partial charge in [0.1, 0.15) is 22.7 Å². The van der Waals surface area contributed by atoms with Crippen LogP contribution in [0.3, 0.4) is 0 Å². The summed E-state index contributed by atoms with van der Waals surface area (Å²) in [6.07, 6.45) is 4.79. The molecule has 0 atom stereocenters. The number of nitrogens with one attached hydrogen (secondary N) is 3. The van der Waals surface area contributed by atoms with Crippen molar-refractivity contribution < 1.29 is 40.8 Å². The zero-order valence-electron chi connectivity index (χ0n) is 37.6. The lowest BCUT2D eigenvalue weighted by atomic mass is 9.72. The summed E-state index contributed by atoms with van der Waals surface area (Å²) in [5, 5.41) is 16.2. The number of aromatic amines is 1. The van der Waals surface area contributed by atoms with Gasteiger partial charge < -0.3 is 29.6 Å². The van der Waals surface area contributed by atoms with Gasteiger partial charge in [-0.1, -0.05) is 43.2 Å². The molecule has 360 valence electrons. The summed E-state index contributed by atoms with van der Waals surface area (Å²) >= 11 is 6.25. The molecule has 3 N–H and O–H groups in total. The minimum Gasteiger partial charge on any atom is -0.470 e. The molecule has 4 aliphatic rings. The lowest BCUT2D eigenvalue weighted by Gasteiger charge is -2.39. The lowest BCUT2D eigenvalue weighted by Crippen LogP contribution is -2.47. The van der Waals surface area contributed by atoms with E-state index >= 15 is 13.2 Å². The van der Waals surface area contributed by atoms with Crippen LogP contribution in [0.2, 0.25) is 5.02 Å². The summed E-state index contributed by atoms with van der Waals surface area (Å²) in [7, 11) is -4.82. The summed E-state index contributed by atoms with van der Waals surface area (Å²) < 4.78 is 87.5. The van der Waals surface area contributed by atoms with Gasteiger partial charge in [0.05, 0.1) is 27.6 Å². The molecule has 5 aromatic rings. The van der Waals surface area contributed by atoms with Gasteiger partial charge in [0, 0.05) is 93.7 Å².